The smallest absolute Gasteiger partial charge is 0.125 e. The summed E-state index contributed by atoms with van der Waals surface area (Å²) >= 11 is 7.39. The van der Waals surface area contributed by atoms with E-state index in [-0.39, 0.29) is 9.28 Å². The van der Waals surface area contributed by atoms with Gasteiger partial charge in [0.15, 0.2) is 0 Å². The Morgan fingerprint density at radius 1 is 1.19 bits per heavy atom. The van der Waals surface area contributed by atoms with Crippen LogP contribution in [0.2, 0.25) is 0 Å². The number of rotatable bonds is 1. The molecule has 0 unspecified atom stereocenters. The summed E-state index contributed by atoms with van der Waals surface area (Å²) in [6.07, 6.45) is 0. The zero-order chi connectivity index (χ0) is 15.4. The number of alkyl halides is 2. The van der Waals surface area contributed by atoms with E-state index < -0.39 is 0 Å². The number of aromatic hydroxyl groups is 1. The van der Waals surface area contributed by atoms with Crippen molar-refractivity contribution < 1.29 is 5.11 Å². The first-order chi connectivity index (χ1) is 9.80. The largest absolute Gasteiger partial charge is 0.507 e. The predicted molar refractivity (Wildman–Crippen MR) is 97.1 cm³/mol. The molecule has 112 valence electrons. The molecule has 0 fully saturated rings. The van der Waals surface area contributed by atoms with Crippen LogP contribution < -0.4 is 4.90 Å². The molecule has 1 atom stereocenters. The summed E-state index contributed by atoms with van der Waals surface area (Å²) in [5.74, 6) is 0.713. The molecule has 0 spiro atoms. The molecule has 1 N–H and O–H groups in total. The van der Waals surface area contributed by atoms with E-state index >= 15 is 0 Å². The van der Waals surface area contributed by atoms with Crippen molar-refractivity contribution in [3.63, 3.8) is 0 Å². The van der Waals surface area contributed by atoms with Gasteiger partial charge in [0.2, 0.25) is 0 Å². The summed E-state index contributed by atoms with van der Waals surface area (Å²) < 4.78 is 0.212. The van der Waals surface area contributed by atoms with Crippen LogP contribution in [0.4, 0.5) is 5.69 Å². The van der Waals surface area contributed by atoms with Gasteiger partial charge < -0.3 is 10.0 Å². The monoisotopic (exact) mass is 411 g/mol. The SMILES string of the molecule is CC(C)(C)N1C[C@@H](C(Br)Br)c2c1cc(O)c1ccccc21. The van der Waals surface area contributed by atoms with Crippen molar-refractivity contribution in [2.75, 3.05) is 11.4 Å². The normalized spacial score (nSPS) is 18.6. The van der Waals surface area contributed by atoms with E-state index in [2.05, 4.69) is 63.6 Å². The molecule has 0 saturated carbocycles. The van der Waals surface area contributed by atoms with Gasteiger partial charge in [0.1, 0.15) is 5.75 Å². The molecule has 1 aliphatic rings. The van der Waals surface area contributed by atoms with Gasteiger partial charge in [0.05, 0.1) is 3.74 Å². The minimum absolute atomic E-state index is 0.0211. The summed E-state index contributed by atoms with van der Waals surface area (Å²) in [5.41, 5.74) is 2.48. The lowest BCUT2D eigenvalue weighted by Gasteiger charge is -2.35. The standard InChI is InChI=1S/C17H19Br2NO/c1-17(2,3)20-9-12(16(18)19)15-11-7-5-4-6-10(11)14(21)8-13(15)20/h4-8,12,16,21H,9H2,1-3H3/t12-/m1/s1. The van der Waals surface area contributed by atoms with Gasteiger partial charge in [0.25, 0.3) is 0 Å². The Morgan fingerprint density at radius 2 is 1.81 bits per heavy atom. The number of benzene rings is 2. The van der Waals surface area contributed by atoms with E-state index in [0.29, 0.717) is 11.7 Å². The van der Waals surface area contributed by atoms with Gasteiger partial charge in [-0.1, -0.05) is 56.1 Å². The Balaban J connectivity index is 2.32. The molecule has 2 aromatic rings. The van der Waals surface area contributed by atoms with Crippen LogP contribution in [0.3, 0.4) is 0 Å². The Bertz CT molecular complexity index is 691. The highest BCUT2D eigenvalue weighted by molar-refractivity contribution is 9.24. The second kappa shape index (κ2) is 5.17. The van der Waals surface area contributed by atoms with Crippen molar-refractivity contribution in [2.24, 2.45) is 0 Å². The van der Waals surface area contributed by atoms with Crippen LogP contribution in [-0.4, -0.2) is 20.9 Å². The van der Waals surface area contributed by atoms with Crippen molar-refractivity contribution in [1.82, 2.24) is 0 Å². The van der Waals surface area contributed by atoms with Crippen LogP contribution in [0.25, 0.3) is 10.8 Å². The fourth-order valence-electron chi connectivity index (χ4n) is 3.20. The Morgan fingerprint density at radius 3 is 2.38 bits per heavy atom. The highest BCUT2D eigenvalue weighted by Crippen LogP contribution is 2.50. The molecule has 1 aliphatic heterocycles. The zero-order valence-corrected chi connectivity index (χ0v) is 15.6. The predicted octanol–water partition coefficient (Wildman–Crippen LogP) is 5.36. The minimum atomic E-state index is 0.0211. The quantitative estimate of drug-likeness (QED) is 0.637. The third-order valence-corrected chi connectivity index (χ3v) is 5.47. The summed E-state index contributed by atoms with van der Waals surface area (Å²) in [7, 11) is 0. The second-order valence-corrected chi connectivity index (χ2v) is 9.80. The van der Waals surface area contributed by atoms with E-state index in [1.165, 1.54) is 5.56 Å². The van der Waals surface area contributed by atoms with Gasteiger partial charge in [-0.25, -0.2) is 0 Å². The van der Waals surface area contributed by atoms with Crippen molar-refractivity contribution in [3.8, 4) is 5.75 Å². The van der Waals surface area contributed by atoms with E-state index in [1.54, 1.807) is 0 Å². The maximum absolute atomic E-state index is 10.4. The number of hydrogen-bond acceptors (Lipinski definition) is 2. The van der Waals surface area contributed by atoms with Gasteiger partial charge in [-0.3, -0.25) is 0 Å². The molecular weight excluding hydrogens is 394 g/mol. The van der Waals surface area contributed by atoms with Crippen LogP contribution in [0.5, 0.6) is 5.75 Å². The van der Waals surface area contributed by atoms with Crippen molar-refractivity contribution in [1.29, 1.82) is 0 Å². The van der Waals surface area contributed by atoms with E-state index in [4.69, 9.17) is 0 Å². The number of phenols is 1. The molecular formula is C17H19Br2NO. The number of halogens is 2. The fourth-order valence-corrected chi connectivity index (χ4v) is 4.07. The number of hydrogen-bond donors (Lipinski definition) is 1. The van der Waals surface area contributed by atoms with E-state index in [0.717, 1.165) is 23.0 Å². The van der Waals surface area contributed by atoms with Crippen LogP contribution in [0.15, 0.2) is 30.3 Å². The van der Waals surface area contributed by atoms with Crippen molar-refractivity contribution in [3.05, 3.63) is 35.9 Å². The molecule has 0 amide bonds. The molecule has 0 radical (unpaired) electrons. The molecule has 4 heteroatoms. The molecule has 0 bridgehead atoms. The first kappa shape index (κ1) is 15.2. The third kappa shape index (κ3) is 2.46. The average molecular weight is 413 g/mol. The highest BCUT2D eigenvalue weighted by Gasteiger charge is 2.38. The zero-order valence-electron chi connectivity index (χ0n) is 12.4. The minimum Gasteiger partial charge on any atom is -0.507 e. The van der Waals surface area contributed by atoms with Crippen LogP contribution in [0.1, 0.15) is 32.3 Å². The number of anilines is 1. The highest BCUT2D eigenvalue weighted by atomic mass is 79.9. The lowest BCUT2D eigenvalue weighted by molar-refractivity contribution is 0.479. The van der Waals surface area contributed by atoms with Gasteiger partial charge in [-0.15, -0.1) is 0 Å². The first-order valence-corrected chi connectivity index (χ1v) is 8.94. The summed E-state index contributed by atoms with van der Waals surface area (Å²) in [4.78, 5) is 2.38. The van der Waals surface area contributed by atoms with Crippen LogP contribution in [0, 0.1) is 0 Å². The summed E-state index contributed by atoms with van der Waals surface area (Å²) in [5, 5.41) is 12.5. The molecule has 0 saturated heterocycles. The maximum Gasteiger partial charge on any atom is 0.125 e. The van der Waals surface area contributed by atoms with Crippen molar-refractivity contribution >= 4 is 48.3 Å². The van der Waals surface area contributed by atoms with Gasteiger partial charge >= 0.3 is 0 Å². The average Bonchev–Trinajstić information content (AvgIpc) is 2.78. The Labute approximate surface area is 142 Å². The third-order valence-electron chi connectivity index (χ3n) is 4.20. The fraction of sp³-hybridized carbons (Fsp3) is 0.412. The van der Waals surface area contributed by atoms with Crippen LogP contribution in [-0.2, 0) is 0 Å². The Hall–Kier alpha value is -0.740. The van der Waals surface area contributed by atoms with Gasteiger partial charge in [0, 0.05) is 35.1 Å². The van der Waals surface area contributed by atoms with Crippen LogP contribution >= 0.6 is 31.9 Å². The number of fused-ring (bicyclic) bond motifs is 3. The van der Waals surface area contributed by atoms with E-state index in [9.17, 15) is 5.11 Å². The van der Waals surface area contributed by atoms with E-state index in [1.807, 2.05) is 24.3 Å². The van der Waals surface area contributed by atoms with Gasteiger partial charge in [-0.2, -0.15) is 0 Å². The lowest BCUT2D eigenvalue weighted by Crippen LogP contribution is -2.41. The molecule has 1 heterocycles. The number of nitrogens with zero attached hydrogens (tertiary/aromatic N) is 1. The Kier molecular flexibility index (Phi) is 3.73. The first-order valence-electron chi connectivity index (χ1n) is 7.11. The molecule has 0 aliphatic carbocycles. The molecule has 3 rings (SSSR count). The molecule has 2 nitrogen and oxygen atoms in total. The summed E-state index contributed by atoms with van der Waals surface area (Å²) in [6, 6.07) is 10.0. The molecule has 21 heavy (non-hydrogen) atoms. The van der Waals surface area contributed by atoms with Crippen molar-refractivity contribution in [2.45, 2.75) is 36.0 Å². The second-order valence-electron chi connectivity index (χ2n) is 6.60. The maximum atomic E-state index is 10.4. The topological polar surface area (TPSA) is 23.5 Å². The molecule has 0 aromatic heterocycles. The lowest BCUT2D eigenvalue weighted by atomic mass is 9.95. The summed E-state index contributed by atoms with van der Waals surface area (Å²) in [6.45, 7) is 7.57. The number of phenolic OH excluding ortho intramolecular Hbond substituents is 1. The van der Waals surface area contributed by atoms with Gasteiger partial charge in [-0.05, 0) is 31.7 Å². The molecule has 2 aromatic carbocycles.